The molecule has 1 heterocycles. The zero-order chi connectivity index (χ0) is 18.7. The number of benzene rings is 2. The topological polar surface area (TPSA) is 90.9 Å². The molecule has 0 saturated heterocycles. The van der Waals surface area contributed by atoms with Crippen LogP contribution in [0.1, 0.15) is 5.56 Å². The first kappa shape index (κ1) is 18.8. The van der Waals surface area contributed by atoms with Crippen molar-refractivity contribution in [2.24, 2.45) is 0 Å². The molecular formula is C17H14BrClN4O2S. The number of H-pyrrole nitrogens is 1. The van der Waals surface area contributed by atoms with Gasteiger partial charge in [-0.25, -0.2) is 4.98 Å². The first-order valence-electron chi connectivity index (χ1n) is 7.53. The normalized spacial score (nSPS) is 10.7. The van der Waals surface area contributed by atoms with E-state index in [0.717, 1.165) is 10.0 Å². The SMILES string of the molecule is Cc1c(Cl)cccc1NC(=O)CSc1n[nH]c(-c2cc(Br)ccc2O)n1. The van der Waals surface area contributed by atoms with Gasteiger partial charge >= 0.3 is 0 Å². The Morgan fingerprint density at radius 2 is 2.19 bits per heavy atom. The van der Waals surface area contributed by atoms with Gasteiger partial charge in [0.15, 0.2) is 5.82 Å². The number of nitrogens with zero attached hydrogens (tertiary/aromatic N) is 2. The van der Waals surface area contributed by atoms with Gasteiger partial charge in [-0.05, 0) is 42.8 Å². The molecule has 3 rings (SSSR count). The van der Waals surface area contributed by atoms with Gasteiger partial charge in [0.1, 0.15) is 5.75 Å². The number of carbonyl (C=O) groups excluding carboxylic acids is 1. The largest absolute Gasteiger partial charge is 0.507 e. The molecule has 0 bridgehead atoms. The van der Waals surface area contributed by atoms with Crippen LogP contribution in [0.3, 0.4) is 0 Å². The highest BCUT2D eigenvalue weighted by molar-refractivity contribution is 9.10. The number of aromatic nitrogens is 3. The van der Waals surface area contributed by atoms with Gasteiger partial charge in [0.05, 0.1) is 11.3 Å². The van der Waals surface area contributed by atoms with E-state index < -0.39 is 0 Å². The lowest BCUT2D eigenvalue weighted by molar-refractivity contribution is -0.113. The Kier molecular flexibility index (Phi) is 5.85. The number of aromatic amines is 1. The van der Waals surface area contributed by atoms with E-state index in [2.05, 4.69) is 36.4 Å². The van der Waals surface area contributed by atoms with Gasteiger partial charge in [0.2, 0.25) is 11.1 Å². The first-order chi connectivity index (χ1) is 12.4. The Morgan fingerprint density at radius 3 is 3.00 bits per heavy atom. The Morgan fingerprint density at radius 1 is 1.38 bits per heavy atom. The summed E-state index contributed by atoms with van der Waals surface area (Å²) in [6.45, 7) is 1.84. The second-order valence-electron chi connectivity index (χ2n) is 5.38. The summed E-state index contributed by atoms with van der Waals surface area (Å²) in [5.74, 6) is 0.484. The fraction of sp³-hybridized carbons (Fsp3) is 0.118. The van der Waals surface area contributed by atoms with Gasteiger partial charge in [-0.3, -0.25) is 9.89 Å². The standard InChI is InChI=1S/C17H14BrClN4O2S/c1-9-12(19)3-2-4-13(9)20-15(25)8-26-17-21-16(22-23-17)11-7-10(18)5-6-14(11)24/h2-7,24H,8H2,1H3,(H,20,25)(H,21,22,23). The zero-order valence-corrected chi connectivity index (χ0v) is 16.7. The minimum Gasteiger partial charge on any atom is -0.507 e. The summed E-state index contributed by atoms with van der Waals surface area (Å²) >= 11 is 10.6. The van der Waals surface area contributed by atoms with Crippen LogP contribution in [0.25, 0.3) is 11.4 Å². The average Bonchev–Trinajstić information content (AvgIpc) is 3.08. The van der Waals surface area contributed by atoms with E-state index in [-0.39, 0.29) is 17.4 Å². The summed E-state index contributed by atoms with van der Waals surface area (Å²) in [5.41, 5.74) is 2.02. The molecule has 1 amide bonds. The van der Waals surface area contributed by atoms with Crippen molar-refractivity contribution in [1.82, 2.24) is 15.2 Å². The molecule has 0 spiro atoms. The third-order valence-corrected chi connectivity index (χ3v) is 5.30. The lowest BCUT2D eigenvalue weighted by Gasteiger charge is -2.08. The summed E-state index contributed by atoms with van der Waals surface area (Å²) in [6, 6.07) is 10.4. The van der Waals surface area contributed by atoms with Crippen molar-refractivity contribution in [3.63, 3.8) is 0 Å². The van der Waals surface area contributed by atoms with Gasteiger partial charge in [-0.2, -0.15) is 0 Å². The molecule has 0 saturated carbocycles. The molecule has 3 N–H and O–H groups in total. The number of carbonyl (C=O) groups is 1. The number of rotatable bonds is 5. The van der Waals surface area contributed by atoms with Crippen molar-refractivity contribution < 1.29 is 9.90 Å². The minimum atomic E-state index is -0.183. The predicted octanol–water partition coefficient (Wildman–Crippen LogP) is 4.63. The van der Waals surface area contributed by atoms with E-state index in [1.807, 2.05) is 6.92 Å². The van der Waals surface area contributed by atoms with Crippen molar-refractivity contribution in [2.75, 3.05) is 11.1 Å². The molecule has 0 unspecified atom stereocenters. The Bertz CT molecular complexity index is 964. The number of hydrogen-bond acceptors (Lipinski definition) is 5. The first-order valence-corrected chi connectivity index (χ1v) is 9.69. The van der Waals surface area contributed by atoms with Gasteiger partial charge in [-0.1, -0.05) is 45.4 Å². The summed E-state index contributed by atoms with van der Waals surface area (Å²) in [6.07, 6.45) is 0. The van der Waals surface area contributed by atoms with Crippen LogP contribution in [-0.2, 0) is 4.79 Å². The van der Waals surface area contributed by atoms with E-state index in [1.165, 1.54) is 11.8 Å². The lowest BCUT2D eigenvalue weighted by atomic mass is 10.2. The highest BCUT2D eigenvalue weighted by Crippen LogP contribution is 2.30. The number of halogens is 2. The van der Waals surface area contributed by atoms with Crippen molar-refractivity contribution in [2.45, 2.75) is 12.1 Å². The molecule has 26 heavy (non-hydrogen) atoms. The van der Waals surface area contributed by atoms with Crippen molar-refractivity contribution in [1.29, 1.82) is 0 Å². The van der Waals surface area contributed by atoms with Crippen LogP contribution in [0, 0.1) is 6.92 Å². The molecule has 0 aliphatic carbocycles. The smallest absolute Gasteiger partial charge is 0.234 e. The second-order valence-corrected chi connectivity index (χ2v) is 7.64. The fourth-order valence-electron chi connectivity index (χ4n) is 2.19. The predicted molar refractivity (Wildman–Crippen MR) is 107 cm³/mol. The van der Waals surface area contributed by atoms with Crippen LogP contribution in [0.2, 0.25) is 5.02 Å². The quantitative estimate of drug-likeness (QED) is 0.490. The van der Waals surface area contributed by atoms with Crippen LogP contribution in [-0.4, -0.2) is 31.9 Å². The third kappa shape index (κ3) is 4.38. The molecular weight excluding hydrogens is 440 g/mol. The number of anilines is 1. The number of aromatic hydroxyl groups is 1. The molecule has 6 nitrogen and oxygen atoms in total. The number of phenols is 1. The summed E-state index contributed by atoms with van der Waals surface area (Å²) in [4.78, 5) is 16.4. The van der Waals surface area contributed by atoms with Gasteiger partial charge in [0.25, 0.3) is 0 Å². The second kappa shape index (κ2) is 8.11. The third-order valence-electron chi connectivity index (χ3n) is 3.55. The molecule has 0 radical (unpaired) electrons. The van der Waals surface area contributed by atoms with E-state index in [1.54, 1.807) is 36.4 Å². The van der Waals surface area contributed by atoms with Gasteiger partial charge in [0, 0.05) is 15.2 Å². The molecule has 0 atom stereocenters. The molecule has 134 valence electrons. The van der Waals surface area contributed by atoms with Crippen LogP contribution in [0.15, 0.2) is 46.0 Å². The average molecular weight is 454 g/mol. The summed E-state index contributed by atoms with van der Waals surface area (Å²) < 4.78 is 0.812. The monoisotopic (exact) mass is 452 g/mol. The number of thioether (sulfide) groups is 1. The maximum Gasteiger partial charge on any atom is 0.234 e. The zero-order valence-electron chi connectivity index (χ0n) is 13.6. The van der Waals surface area contributed by atoms with Crippen LogP contribution in [0.5, 0.6) is 5.75 Å². The molecule has 2 aromatic carbocycles. The lowest BCUT2D eigenvalue weighted by Crippen LogP contribution is -2.15. The number of nitrogens with one attached hydrogen (secondary N) is 2. The van der Waals surface area contributed by atoms with Crippen LogP contribution >= 0.6 is 39.3 Å². The minimum absolute atomic E-state index is 0.0927. The number of phenolic OH excluding ortho intramolecular Hbond substituents is 1. The maximum atomic E-state index is 12.1. The van der Waals surface area contributed by atoms with Crippen molar-refractivity contribution >= 4 is 50.9 Å². The number of amides is 1. The highest BCUT2D eigenvalue weighted by Gasteiger charge is 2.13. The van der Waals surface area contributed by atoms with E-state index in [4.69, 9.17) is 11.6 Å². The maximum absolute atomic E-state index is 12.1. The Labute approximate surface area is 167 Å². The molecule has 0 fully saturated rings. The summed E-state index contributed by atoms with van der Waals surface area (Å²) in [5, 5.41) is 20.6. The van der Waals surface area contributed by atoms with Crippen LogP contribution < -0.4 is 5.32 Å². The number of hydrogen-bond donors (Lipinski definition) is 3. The van der Waals surface area contributed by atoms with Gasteiger partial charge in [-0.15, -0.1) is 5.10 Å². The molecule has 9 heteroatoms. The molecule has 0 aliphatic heterocycles. The molecule has 3 aromatic rings. The van der Waals surface area contributed by atoms with Crippen molar-refractivity contribution in [3.05, 3.63) is 51.5 Å². The summed E-state index contributed by atoms with van der Waals surface area (Å²) in [7, 11) is 0. The fourth-order valence-corrected chi connectivity index (χ4v) is 3.32. The van der Waals surface area contributed by atoms with Gasteiger partial charge < -0.3 is 10.4 Å². The van der Waals surface area contributed by atoms with E-state index in [9.17, 15) is 9.90 Å². The van der Waals surface area contributed by atoms with E-state index >= 15 is 0 Å². The Hall–Kier alpha value is -2.03. The Balaban J connectivity index is 1.64. The van der Waals surface area contributed by atoms with Crippen molar-refractivity contribution in [3.8, 4) is 17.1 Å². The van der Waals surface area contributed by atoms with Crippen LogP contribution in [0.4, 0.5) is 5.69 Å². The highest BCUT2D eigenvalue weighted by atomic mass is 79.9. The molecule has 0 aliphatic rings. The van der Waals surface area contributed by atoms with E-state index in [0.29, 0.717) is 27.3 Å². The molecule has 1 aromatic heterocycles.